The van der Waals surface area contributed by atoms with Gasteiger partial charge in [-0.1, -0.05) is 11.6 Å². The number of hydrogen-bond acceptors (Lipinski definition) is 4. The topological polar surface area (TPSA) is 67.8 Å². The van der Waals surface area contributed by atoms with E-state index in [-0.39, 0.29) is 16.8 Å². The van der Waals surface area contributed by atoms with Crippen LogP contribution in [0, 0.1) is 0 Å². The molecule has 7 heteroatoms. The average molecular weight is 314 g/mol. The Hall–Kier alpha value is -1.53. The van der Waals surface area contributed by atoms with Crippen molar-refractivity contribution in [3.63, 3.8) is 0 Å². The molecule has 17 heavy (non-hydrogen) atoms. The van der Waals surface area contributed by atoms with E-state index in [0.717, 1.165) is 0 Å². The zero-order valence-corrected chi connectivity index (χ0v) is 10.7. The first kappa shape index (κ1) is 11.9. The molecule has 0 saturated heterocycles. The number of aromatic nitrogens is 3. The normalized spacial score (nSPS) is 10.0. The van der Waals surface area contributed by atoms with Gasteiger partial charge in [0.1, 0.15) is 10.8 Å². The number of carbonyl (C=O) groups is 1. The van der Waals surface area contributed by atoms with Crippen molar-refractivity contribution in [3.8, 4) is 0 Å². The number of carbonyl (C=O) groups excluding carboxylic acids is 1. The van der Waals surface area contributed by atoms with E-state index in [4.69, 9.17) is 11.6 Å². The van der Waals surface area contributed by atoms with Gasteiger partial charge in [0.25, 0.3) is 5.91 Å². The van der Waals surface area contributed by atoms with Crippen molar-refractivity contribution in [3.05, 3.63) is 46.2 Å². The summed E-state index contributed by atoms with van der Waals surface area (Å²) in [5.41, 5.74) is 0.805. The minimum atomic E-state index is -0.360. The largest absolute Gasteiger partial charge is 0.319 e. The van der Waals surface area contributed by atoms with Crippen LogP contribution >= 0.6 is 27.5 Å². The van der Waals surface area contributed by atoms with Crippen LogP contribution in [0.4, 0.5) is 5.69 Å². The molecule has 0 aliphatic rings. The summed E-state index contributed by atoms with van der Waals surface area (Å²) in [4.78, 5) is 23.3. The van der Waals surface area contributed by atoms with Gasteiger partial charge in [-0.3, -0.25) is 9.78 Å². The quantitative estimate of drug-likeness (QED) is 0.925. The van der Waals surface area contributed by atoms with Crippen molar-refractivity contribution in [2.45, 2.75) is 0 Å². The van der Waals surface area contributed by atoms with Gasteiger partial charge >= 0.3 is 0 Å². The van der Waals surface area contributed by atoms with Gasteiger partial charge < -0.3 is 5.32 Å². The molecule has 2 rings (SSSR count). The average Bonchev–Trinajstić information content (AvgIpc) is 2.33. The SMILES string of the molecule is O=C(Nc1ccncc1Br)c1cnc(Cl)cn1. The highest BCUT2D eigenvalue weighted by molar-refractivity contribution is 9.10. The van der Waals surface area contributed by atoms with Crippen molar-refractivity contribution in [1.82, 2.24) is 15.0 Å². The monoisotopic (exact) mass is 312 g/mol. The van der Waals surface area contributed by atoms with Crippen LogP contribution in [0.5, 0.6) is 0 Å². The number of nitrogens with one attached hydrogen (secondary N) is 1. The van der Waals surface area contributed by atoms with Crippen LogP contribution in [0.1, 0.15) is 10.5 Å². The second-order valence-electron chi connectivity index (χ2n) is 3.03. The predicted molar refractivity (Wildman–Crippen MR) is 66.9 cm³/mol. The Bertz CT molecular complexity index is 546. The number of amides is 1. The minimum absolute atomic E-state index is 0.193. The van der Waals surface area contributed by atoms with E-state index >= 15 is 0 Å². The lowest BCUT2D eigenvalue weighted by molar-refractivity contribution is 0.102. The maximum atomic E-state index is 11.8. The summed E-state index contributed by atoms with van der Waals surface area (Å²) in [5, 5.41) is 2.92. The molecule has 2 aromatic heterocycles. The van der Waals surface area contributed by atoms with Gasteiger partial charge in [-0.05, 0) is 22.0 Å². The van der Waals surface area contributed by atoms with Crippen LogP contribution < -0.4 is 5.32 Å². The standard InChI is InChI=1S/C10H6BrClN4O/c11-6-3-13-2-1-7(6)16-10(17)8-4-15-9(12)5-14-8/h1-5H,(H,13,16,17). The maximum Gasteiger partial charge on any atom is 0.275 e. The summed E-state index contributed by atoms with van der Waals surface area (Å²) >= 11 is 8.86. The molecular weight excluding hydrogens is 307 g/mol. The molecule has 2 heterocycles. The van der Waals surface area contributed by atoms with E-state index in [1.807, 2.05) is 0 Å². The summed E-state index contributed by atoms with van der Waals surface area (Å²) in [6.07, 6.45) is 5.79. The smallest absolute Gasteiger partial charge is 0.275 e. The van der Waals surface area contributed by atoms with Crippen molar-refractivity contribution in [2.24, 2.45) is 0 Å². The molecule has 0 saturated carbocycles. The first-order valence-corrected chi connectivity index (χ1v) is 5.72. The highest BCUT2D eigenvalue weighted by Gasteiger charge is 2.09. The Morgan fingerprint density at radius 2 is 2.12 bits per heavy atom. The molecule has 0 aromatic carbocycles. The van der Waals surface area contributed by atoms with Gasteiger partial charge in [0.2, 0.25) is 0 Å². The van der Waals surface area contributed by atoms with E-state index in [1.54, 1.807) is 18.5 Å². The fraction of sp³-hybridized carbons (Fsp3) is 0. The van der Waals surface area contributed by atoms with Gasteiger partial charge in [-0.2, -0.15) is 0 Å². The van der Waals surface area contributed by atoms with Gasteiger partial charge in [0, 0.05) is 12.4 Å². The van der Waals surface area contributed by atoms with E-state index in [1.165, 1.54) is 12.4 Å². The number of pyridine rings is 1. The van der Waals surface area contributed by atoms with Gasteiger partial charge in [-0.15, -0.1) is 0 Å². The number of anilines is 1. The molecule has 0 aliphatic carbocycles. The van der Waals surface area contributed by atoms with Crippen LogP contribution in [0.2, 0.25) is 5.15 Å². The molecule has 1 N–H and O–H groups in total. The molecule has 2 aromatic rings. The third-order valence-corrected chi connectivity index (χ3v) is 2.70. The summed E-state index contributed by atoms with van der Waals surface area (Å²) < 4.78 is 0.690. The second-order valence-corrected chi connectivity index (χ2v) is 4.28. The maximum absolute atomic E-state index is 11.8. The Morgan fingerprint density at radius 1 is 1.29 bits per heavy atom. The molecule has 1 amide bonds. The lowest BCUT2D eigenvalue weighted by Crippen LogP contribution is -2.14. The fourth-order valence-corrected chi connectivity index (χ4v) is 1.54. The van der Waals surface area contributed by atoms with Crippen molar-refractivity contribution < 1.29 is 4.79 Å². The van der Waals surface area contributed by atoms with Gasteiger partial charge in [0.05, 0.1) is 22.6 Å². The van der Waals surface area contributed by atoms with E-state index in [0.29, 0.717) is 10.2 Å². The van der Waals surface area contributed by atoms with Gasteiger partial charge in [0.15, 0.2) is 0 Å². The molecule has 0 unspecified atom stereocenters. The lowest BCUT2D eigenvalue weighted by atomic mass is 10.3. The molecule has 0 bridgehead atoms. The minimum Gasteiger partial charge on any atom is -0.319 e. The summed E-state index contributed by atoms with van der Waals surface area (Å²) in [6, 6.07) is 1.67. The first-order valence-electron chi connectivity index (χ1n) is 4.55. The summed E-state index contributed by atoms with van der Waals surface area (Å²) in [6.45, 7) is 0. The van der Waals surface area contributed by atoms with E-state index in [9.17, 15) is 4.79 Å². The Balaban J connectivity index is 2.17. The summed E-state index contributed by atoms with van der Waals surface area (Å²) in [5.74, 6) is -0.360. The van der Waals surface area contributed by atoms with E-state index in [2.05, 4.69) is 36.2 Å². The highest BCUT2D eigenvalue weighted by Crippen LogP contribution is 2.20. The zero-order valence-electron chi connectivity index (χ0n) is 8.39. The number of hydrogen-bond donors (Lipinski definition) is 1. The van der Waals surface area contributed by atoms with E-state index < -0.39 is 0 Å². The summed E-state index contributed by atoms with van der Waals surface area (Å²) in [7, 11) is 0. The number of halogens is 2. The molecule has 0 radical (unpaired) electrons. The molecule has 0 spiro atoms. The predicted octanol–water partition coefficient (Wildman–Crippen LogP) is 2.54. The van der Waals surface area contributed by atoms with Crippen molar-refractivity contribution in [2.75, 3.05) is 5.32 Å². The third-order valence-electron chi connectivity index (χ3n) is 1.87. The highest BCUT2D eigenvalue weighted by atomic mass is 79.9. The first-order chi connectivity index (χ1) is 8.16. The van der Waals surface area contributed by atoms with Crippen LogP contribution in [0.25, 0.3) is 0 Å². The lowest BCUT2D eigenvalue weighted by Gasteiger charge is -2.05. The van der Waals surface area contributed by atoms with Crippen LogP contribution in [-0.4, -0.2) is 20.9 Å². The van der Waals surface area contributed by atoms with Crippen LogP contribution in [0.15, 0.2) is 35.3 Å². The Morgan fingerprint density at radius 3 is 2.76 bits per heavy atom. The van der Waals surface area contributed by atoms with Crippen molar-refractivity contribution >= 4 is 39.1 Å². The van der Waals surface area contributed by atoms with Crippen LogP contribution in [0.3, 0.4) is 0 Å². The molecular formula is C10H6BrClN4O. The van der Waals surface area contributed by atoms with Crippen LogP contribution in [-0.2, 0) is 0 Å². The third kappa shape index (κ3) is 2.98. The Labute approximate surface area is 110 Å². The molecule has 0 aliphatic heterocycles. The number of nitrogens with zero attached hydrogens (tertiary/aromatic N) is 3. The fourth-order valence-electron chi connectivity index (χ4n) is 1.09. The molecule has 5 nitrogen and oxygen atoms in total. The molecule has 86 valence electrons. The van der Waals surface area contributed by atoms with Gasteiger partial charge in [-0.25, -0.2) is 9.97 Å². The molecule has 0 atom stereocenters. The zero-order chi connectivity index (χ0) is 12.3. The second kappa shape index (κ2) is 5.20. The Kier molecular flexibility index (Phi) is 3.65. The van der Waals surface area contributed by atoms with Crippen molar-refractivity contribution in [1.29, 1.82) is 0 Å². The number of rotatable bonds is 2. The molecule has 0 fully saturated rings.